The molecule has 0 spiro atoms. The predicted molar refractivity (Wildman–Crippen MR) is 83.2 cm³/mol. The molecule has 0 aromatic heterocycles. The molecule has 0 aliphatic heterocycles. The number of nitrogens with one attached hydrogen (secondary N) is 1. The van der Waals surface area contributed by atoms with Crippen molar-refractivity contribution in [2.45, 2.75) is 55.8 Å². The fourth-order valence-electron chi connectivity index (χ4n) is 2.63. The molecule has 128 valence electrons. The monoisotopic (exact) mass is 347 g/mol. The maximum Gasteiger partial charge on any atom is 0.416 e. The number of halogens is 3. The van der Waals surface area contributed by atoms with E-state index in [0.29, 0.717) is 5.56 Å². The Bertz CT molecular complexity index is 583. The van der Waals surface area contributed by atoms with E-state index in [1.165, 1.54) is 12.1 Å². The highest BCUT2D eigenvalue weighted by Crippen LogP contribution is 2.29. The highest BCUT2D eigenvalue weighted by molar-refractivity contribution is 7.85. The van der Waals surface area contributed by atoms with Gasteiger partial charge in [0.05, 0.1) is 5.56 Å². The molecule has 1 aromatic rings. The lowest BCUT2D eigenvalue weighted by Crippen LogP contribution is -2.40. The summed E-state index contributed by atoms with van der Waals surface area (Å²) in [5.41, 5.74) is -0.450. The number of hydrogen-bond acceptors (Lipinski definition) is 2. The summed E-state index contributed by atoms with van der Waals surface area (Å²) in [4.78, 5) is 12.1. The summed E-state index contributed by atoms with van der Waals surface area (Å²) >= 11 is 0. The molecule has 1 saturated carbocycles. The Labute approximate surface area is 136 Å². The van der Waals surface area contributed by atoms with Crippen LogP contribution in [0, 0.1) is 0 Å². The lowest BCUT2D eigenvalue weighted by atomic mass is 10.1. The molecule has 1 aromatic carbocycles. The number of alkyl halides is 3. The molecular weight excluding hydrogens is 327 g/mol. The van der Waals surface area contributed by atoms with E-state index in [0.717, 1.165) is 37.8 Å². The van der Waals surface area contributed by atoms with Gasteiger partial charge in [0.15, 0.2) is 0 Å². The molecule has 7 heteroatoms. The van der Waals surface area contributed by atoms with Crippen LogP contribution in [0.2, 0.25) is 0 Å². The fraction of sp³-hybridized carbons (Fsp3) is 0.562. The largest absolute Gasteiger partial charge is 0.416 e. The average Bonchev–Trinajstić information content (AvgIpc) is 2.98. The van der Waals surface area contributed by atoms with Gasteiger partial charge in [-0.2, -0.15) is 13.2 Å². The highest BCUT2D eigenvalue weighted by atomic mass is 32.2. The minimum absolute atomic E-state index is 0.0663. The van der Waals surface area contributed by atoms with Gasteiger partial charge in [0.25, 0.3) is 0 Å². The fourth-order valence-corrected chi connectivity index (χ4v) is 3.70. The third-order valence-electron chi connectivity index (χ3n) is 4.03. The Morgan fingerprint density at radius 1 is 1.35 bits per heavy atom. The Morgan fingerprint density at radius 3 is 2.61 bits per heavy atom. The van der Waals surface area contributed by atoms with E-state index in [2.05, 4.69) is 5.32 Å². The summed E-state index contributed by atoms with van der Waals surface area (Å²) in [6.07, 6.45) is -0.417. The van der Waals surface area contributed by atoms with Crippen molar-refractivity contribution in [3.05, 3.63) is 35.4 Å². The summed E-state index contributed by atoms with van der Waals surface area (Å²) in [6, 6.07) is 4.88. The molecule has 3 nitrogen and oxygen atoms in total. The SMILES string of the molecule is C[C@@H](C(=O)NC1CCCC1)[S@@](=O)Cc1cccc(C(F)(F)F)c1. The van der Waals surface area contributed by atoms with Gasteiger partial charge in [0, 0.05) is 22.6 Å². The summed E-state index contributed by atoms with van der Waals surface area (Å²) in [7, 11) is -1.56. The van der Waals surface area contributed by atoms with Crippen LogP contribution in [0.3, 0.4) is 0 Å². The van der Waals surface area contributed by atoms with Crippen molar-refractivity contribution >= 4 is 16.7 Å². The molecular formula is C16H20F3NO2S. The highest BCUT2D eigenvalue weighted by Gasteiger charge is 2.31. The first-order valence-electron chi connectivity index (χ1n) is 7.61. The van der Waals surface area contributed by atoms with E-state index in [1.54, 1.807) is 6.92 Å². The molecule has 2 atom stereocenters. The van der Waals surface area contributed by atoms with Gasteiger partial charge in [-0.3, -0.25) is 9.00 Å². The molecule has 0 bridgehead atoms. The minimum Gasteiger partial charge on any atom is -0.352 e. The van der Waals surface area contributed by atoms with Crippen LogP contribution in [0.1, 0.15) is 43.7 Å². The Balaban J connectivity index is 1.96. The molecule has 1 aliphatic carbocycles. The van der Waals surface area contributed by atoms with Crippen LogP contribution < -0.4 is 5.32 Å². The van der Waals surface area contributed by atoms with Crippen LogP contribution in [0.25, 0.3) is 0 Å². The minimum atomic E-state index is -4.43. The molecule has 1 aliphatic rings. The van der Waals surface area contributed by atoms with Crippen LogP contribution in [0.5, 0.6) is 0 Å². The summed E-state index contributed by atoms with van der Waals surface area (Å²) in [5, 5.41) is 2.12. The van der Waals surface area contributed by atoms with Crippen LogP contribution in [-0.2, 0) is 27.5 Å². The van der Waals surface area contributed by atoms with Crippen LogP contribution in [0.4, 0.5) is 13.2 Å². The van der Waals surface area contributed by atoms with E-state index in [9.17, 15) is 22.2 Å². The van der Waals surface area contributed by atoms with E-state index < -0.39 is 27.8 Å². The summed E-state index contributed by atoms with van der Waals surface area (Å²) in [5.74, 6) is -0.356. The lowest BCUT2D eigenvalue weighted by molar-refractivity contribution is -0.137. The van der Waals surface area contributed by atoms with Gasteiger partial charge in [-0.05, 0) is 31.4 Å². The van der Waals surface area contributed by atoms with Crippen molar-refractivity contribution in [1.82, 2.24) is 5.32 Å². The van der Waals surface area contributed by atoms with Crippen molar-refractivity contribution in [1.29, 1.82) is 0 Å². The molecule has 0 heterocycles. The topological polar surface area (TPSA) is 46.2 Å². The quantitative estimate of drug-likeness (QED) is 0.887. The molecule has 23 heavy (non-hydrogen) atoms. The van der Waals surface area contributed by atoms with Gasteiger partial charge in [-0.15, -0.1) is 0 Å². The molecule has 1 fully saturated rings. The first-order chi connectivity index (χ1) is 10.8. The second kappa shape index (κ2) is 7.47. The summed E-state index contributed by atoms with van der Waals surface area (Å²) in [6.45, 7) is 1.55. The standard InChI is InChI=1S/C16H20F3NO2S/c1-11(15(21)20-14-7-2-3-8-14)23(22)10-12-5-4-6-13(9-12)16(17,18)19/h4-6,9,11,14H,2-3,7-8,10H2,1H3,(H,20,21)/t11-,23-/m0/s1. The maximum atomic E-state index is 12.7. The molecule has 1 amide bonds. The number of carbonyl (C=O) groups is 1. The van der Waals surface area contributed by atoms with Gasteiger partial charge in [0.1, 0.15) is 5.25 Å². The number of hydrogen-bond donors (Lipinski definition) is 1. The zero-order chi connectivity index (χ0) is 17.0. The van der Waals surface area contributed by atoms with Gasteiger partial charge in [-0.25, -0.2) is 0 Å². The van der Waals surface area contributed by atoms with Crippen molar-refractivity contribution in [3.8, 4) is 0 Å². The predicted octanol–water partition coefficient (Wildman–Crippen LogP) is 3.40. The summed E-state index contributed by atoms with van der Waals surface area (Å²) < 4.78 is 50.3. The Hall–Kier alpha value is -1.37. The zero-order valence-corrected chi connectivity index (χ0v) is 13.7. The van der Waals surface area contributed by atoms with Gasteiger partial charge in [-0.1, -0.05) is 31.0 Å². The molecule has 2 rings (SSSR count). The normalized spacial score (nSPS) is 18.6. The van der Waals surface area contributed by atoms with Gasteiger partial charge >= 0.3 is 6.18 Å². The third-order valence-corrected chi connectivity index (χ3v) is 5.65. The number of rotatable bonds is 5. The second-order valence-corrected chi connectivity index (χ2v) is 7.61. The number of amides is 1. The number of benzene rings is 1. The number of carbonyl (C=O) groups excluding carboxylic acids is 1. The maximum absolute atomic E-state index is 12.7. The van der Waals surface area contributed by atoms with Crippen molar-refractivity contribution < 1.29 is 22.2 Å². The third kappa shape index (κ3) is 5.06. The molecule has 0 saturated heterocycles. The second-order valence-electron chi connectivity index (χ2n) is 5.86. The average molecular weight is 347 g/mol. The first-order valence-corrected chi connectivity index (χ1v) is 8.99. The van der Waals surface area contributed by atoms with Crippen LogP contribution in [-0.4, -0.2) is 21.4 Å². The zero-order valence-electron chi connectivity index (χ0n) is 12.9. The molecule has 0 unspecified atom stereocenters. The lowest BCUT2D eigenvalue weighted by Gasteiger charge is -2.16. The van der Waals surface area contributed by atoms with E-state index in [1.807, 2.05) is 0 Å². The van der Waals surface area contributed by atoms with E-state index in [4.69, 9.17) is 0 Å². The first kappa shape index (κ1) is 18.0. The van der Waals surface area contributed by atoms with E-state index >= 15 is 0 Å². The molecule has 1 N–H and O–H groups in total. The van der Waals surface area contributed by atoms with Crippen LogP contribution >= 0.6 is 0 Å². The Kier molecular flexibility index (Phi) is 5.84. The van der Waals surface area contributed by atoms with Gasteiger partial charge in [0.2, 0.25) is 5.91 Å². The van der Waals surface area contributed by atoms with Crippen molar-refractivity contribution in [2.24, 2.45) is 0 Å². The van der Waals surface area contributed by atoms with Crippen LogP contribution in [0.15, 0.2) is 24.3 Å². The van der Waals surface area contributed by atoms with E-state index in [-0.39, 0.29) is 17.7 Å². The smallest absolute Gasteiger partial charge is 0.352 e. The molecule has 0 radical (unpaired) electrons. The Morgan fingerprint density at radius 2 is 2.00 bits per heavy atom. The van der Waals surface area contributed by atoms with Crippen molar-refractivity contribution in [3.63, 3.8) is 0 Å². The van der Waals surface area contributed by atoms with Gasteiger partial charge < -0.3 is 5.32 Å². The van der Waals surface area contributed by atoms with Crippen molar-refractivity contribution in [2.75, 3.05) is 0 Å².